The van der Waals surface area contributed by atoms with Crippen LogP contribution in [0.4, 0.5) is 0 Å². The smallest absolute Gasteiger partial charge is 1.00 e. The van der Waals surface area contributed by atoms with Crippen LogP contribution in [0.3, 0.4) is 0 Å². The Morgan fingerprint density at radius 1 is 0.642 bits per heavy atom. The topological polar surface area (TPSA) is 0 Å². The van der Waals surface area contributed by atoms with E-state index in [0.29, 0.717) is 9.54 Å². The molecule has 0 amide bonds. The Kier molecular flexibility index (Phi) is 10.7. The van der Waals surface area contributed by atoms with Crippen LogP contribution in [0.1, 0.15) is 117 Å². The molecule has 4 aromatic carbocycles. The van der Waals surface area contributed by atoms with Gasteiger partial charge in [0.1, 0.15) is 0 Å². The van der Waals surface area contributed by atoms with E-state index in [1.54, 1.807) is 3.28 Å². The van der Waals surface area contributed by atoms with Gasteiger partial charge in [-0.1, -0.05) is 0 Å². The molecule has 0 spiro atoms. The summed E-state index contributed by atoms with van der Waals surface area (Å²) < 4.78 is 3.47. The average molecular weight is 858 g/mol. The van der Waals surface area contributed by atoms with Crippen molar-refractivity contribution in [2.75, 3.05) is 0 Å². The zero-order valence-corrected chi connectivity index (χ0v) is 37.9. The molecular weight excluding hydrogens is 810 g/mol. The Morgan fingerprint density at radius 3 is 1.43 bits per heavy atom. The summed E-state index contributed by atoms with van der Waals surface area (Å²) in [4.78, 5) is 0. The van der Waals surface area contributed by atoms with Crippen molar-refractivity contribution < 1.29 is 46.1 Å². The number of hydrogen-bond acceptors (Lipinski definition) is 0. The van der Waals surface area contributed by atoms with Crippen molar-refractivity contribution in [3.05, 3.63) is 161 Å². The zero-order chi connectivity index (χ0) is 36.4. The molecule has 0 nitrogen and oxygen atoms in total. The first-order chi connectivity index (χ1) is 23.9. The van der Waals surface area contributed by atoms with Gasteiger partial charge in [0.25, 0.3) is 0 Å². The molecule has 272 valence electrons. The molecule has 4 aliphatic rings. The van der Waals surface area contributed by atoms with Crippen LogP contribution >= 0.6 is 23.2 Å². The van der Waals surface area contributed by atoms with E-state index in [2.05, 4.69) is 166 Å². The summed E-state index contributed by atoms with van der Waals surface area (Å²) in [5.74, 6) is 0.361. The van der Waals surface area contributed by atoms with Crippen LogP contribution in [-0.2, 0) is 32.1 Å². The van der Waals surface area contributed by atoms with E-state index in [4.69, 9.17) is 23.2 Å². The molecule has 8 rings (SSSR count). The molecule has 1 atom stereocenters. The van der Waals surface area contributed by atoms with E-state index in [0.717, 1.165) is 10.0 Å². The summed E-state index contributed by atoms with van der Waals surface area (Å²) in [6, 6.07) is 27.7. The Bertz CT molecular complexity index is 2190. The first-order valence-electron chi connectivity index (χ1n) is 18.4. The van der Waals surface area contributed by atoms with Crippen LogP contribution in [0.25, 0.3) is 22.3 Å². The van der Waals surface area contributed by atoms with Crippen LogP contribution in [-0.4, -0.2) is 3.21 Å². The first-order valence-corrected chi connectivity index (χ1v) is 23.0. The molecule has 1 unspecified atom stereocenters. The molecule has 4 aliphatic carbocycles. The minimum atomic E-state index is -3.06. The number of rotatable bonds is 4. The molecule has 0 saturated heterocycles. The molecule has 0 saturated carbocycles. The van der Waals surface area contributed by atoms with E-state index in [1.807, 2.05) is 0 Å². The Balaban J connectivity index is 0.00000240. The van der Waals surface area contributed by atoms with Crippen molar-refractivity contribution in [1.82, 2.24) is 0 Å². The number of allylic oxidation sites excluding steroid dienone is 8. The van der Waals surface area contributed by atoms with Crippen LogP contribution in [0.5, 0.6) is 0 Å². The largest absolute Gasteiger partial charge is 1.00 e. The second-order valence-electron chi connectivity index (χ2n) is 17.6. The van der Waals surface area contributed by atoms with Crippen LogP contribution < -0.4 is 24.8 Å². The van der Waals surface area contributed by atoms with Gasteiger partial charge in [-0.25, -0.2) is 0 Å². The summed E-state index contributed by atoms with van der Waals surface area (Å²) in [5.41, 5.74) is 18.5. The molecule has 0 heterocycles. The van der Waals surface area contributed by atoms with Crippen LogP contribution in [0.15, 0.2) is 106 Å². The number of halogens is 4. The molecule has 0 aliphatic heterocycles. The minimum Gasteiger partial charge on any atom is -1.00 e. The maximum Gasteiger partial charge on any atom is -1.00 e. The van der Waals surface area contributed by atoms with Gasteiger partial charge in [0.05, 0.1) is 0 Å². The predicted octanol–water partition coefficient (Wildman–Crippen LogP) is 7.85. The van der Waals surface area contributed by atoms with Gasteiger partial charge in [-0.05, 0) is 0 Å². The van der Waals surface area contributed by atoms with Crippen molar-refractivity contribution >= 4 is 37.6 Å². The zero-order valence-electron chi connectivity index (χ0n) is 32.4. The van der Waals surface area contributed by atoms with Gasteiger partial charge < -0.3 is 24.8 Å². The van der Waals surface area contributed by atoms with Gasteiger partial charge in [-0.2, -0.15) is 0 Å². The molecule has 5 heteroatoms. The predicted molar refractivity (Wildman–Crippen MR) is 218 cm³/mol. The molecule has 0 fully saturated rings. The second kappa shape index (κ2) is 14.0. The molecule has 0 N–H and O–H groups in total. The molecule has 0 bridgehead atoms. The first kappa shape index (κ1) is 40.4. The molecular formula is C48H48Cl4Zr. The average Bonchev–Trinajstić information content (AvgIpc) is 3.73. The number of hydrogen-bond donors (Lipinski definition) is 0. The summed E-state index contributed by atoms with van der Waals surface area (Å²) in [7, 11) is 0. The van der Waals surface area contributed by atoms with Crippen molar-refractivity contribution in [2.24, 2.45) is 11.3 Å². The van der Waals surface area contributed by atoms with Gasteiger partial charge in [-0.3, -0.25) is 0 Å². The normalized spacial score (nSPS) is 18.6. The van der Waals surface area contributed by atoms with Gasteiger partial charge >= 0.3 is 325 Å². The fraction of sp³-hybridized carbons (Fsp3) is 0.312. The summed E-state index contributed by atoms with van der Waals surface area (Å²) in [6.07, 6.45) is 10.1. The van der Waals surface area contributed by atoms with E-state index in [-0.39, 0.29) is 41.1 Å². The monoisotopic (exact) mass is 854 g/mol. The standard InChI is InChI=1S/C25H25.C13H8Cl2.C10H15.2ClH.Zr/c1-14-12-24(3,4)22-8-16-7-17-9-23-19(15(2)13-25(23,5)6)11-21(17)20(16)10-18(14)22;14-12-5-1-10(2-6-12)9-11-3-7-13(15)8-4-11;1-8-5-6-9(7-8)10(2,3)4;;;/h7-13H,1-6H3;1-8H;6-8H,1-4H3;2*1H;/q;;;;;+2/p-2. The van der Waals surface area contributed by atoms with Crippen molar-refractivity contribution in [1.29, 1.82) is 0 Å². The quantitative estimate of drug-likeness (QED) is 0.196. The molecule has 4 aromatic rings. The van der Waals surface area contributed by atoms with Crippen molar-refractivity contribution in [3.8, 4) is 11.1 Å². The third kappa shape index (κ3) is 6.74. The fourth-order valence-corrected chi connectivity index (χ4v) is 19.1. The molecule has 53 heavy (non-hydrogen) atoms. The van der Waals surface area contributed by atoms with E-state index in [9.17, 15) is 0 Å². The third-order valence-electron chi connectivity index (χ3n) is 11.9. The van der Waals surface area contributed by atoms with Crippen LogP contribution in [0.2, 0.25) is 10.0 Å². The third-order valence-corrected chi connectivity index (χ3v) is 21.1. The van der Waals surface area contributed by atoms with E-state index in [1.165, 1.54) is 75.6 Å². The SMILES string of the molecule is CC1=CC(C)(C)c2cc3c(cc21)-c1cc2c(cc1[CH]3[Zr+2]([C]1=CC(C(C)(C)C)=CC1C)=[C](c1ccc(Cl)cc1)c1ccc(Cl)cc1)C(C)(C)C=C2C.[Cl-].[Cl-]. The van der Waals surface area contributed by atoms with E-state index < -0.39 is 21.3 Å². The maximum atomic E-state index is 6.59. The van der Waals surface area contributed by atoms with Crippen molar-refractivity contribution in [3.63, 3.8) is 0 Å². The summed E-state index contributed by atoms with van der Waals surface area (Å²) in [6.45, 7) is 23.7. The maximum absolute atomic E-state index is 6.59. The van der Waals surface area contributed by atoms with Crippen molar-refractivity contribution in [2.45, 2.75) is 83.7 Å². The Hall–Kier alpha value is -2.25. The Morgan fingerprint density at radius 2 is 1.06 bits per heavy atom. The molecule has 0 radical (unpaired) electrons. The second-order valence-corrected chi connectivity index (χ2v) is 24.5. The summed E-state index contributed by atoms with van der Waals surface area (Å²) in [5, 5.41) is 1.53. The van der Waals surface area contributed by atoms with Gasteiger partial charge in [0, 0.05) is 0 Å². The van der Waals surface area contributed by atoms with Gasteiger partial charge in [0.2, 0.25) is 0 Å². The fourth-order valence-electron chi connectivity index (χ4n) is 9.43. The number of benzene rings is 4. The van der Waals surface area contributed by atoms with E-state index >= 15 is 0 Å². The van der Waals surface area contributed by atoms with Gasteiger partial charge in [-0.15, -0.1) is 0 Å². The summed E-state index contributed by atoms with van der Waals surface area (Å²) >= 11 is 10.1. The molecule has 0 aromatic heterocycles. The van der Waals surface area contributed by atoms with Gasteiger partial charge in [0.15, 0.2) is 0 Å². The Labute approximate surface area is 347 Å². The van der Waals surface area contributed by atoms with Crippen LogP contribution in [0, 0.1) is 11.3 Å². The number of fused-ring (bicyclic) bond motifs is 5. The minimum absolute atomic E-state index is 0.